The molecule has 2 aromatic carbocycles. The first-order valence-corrected chi connectivity index (χ1v) is 10.7. The molecule has 0 N–H and O–H groups in total. The summed E-state index contributed by atoms with van der Waals surface area (Å²) in [5, 5.41) is 0. The van der Waals surface area contributed by atoms with Gasteiger partial charge in [-0.2, -0.15) is 0 Å². The maximum Gasteiger partial charge on any atom is 0.338 e. The van der Waals surface area contributed by atoms with E-state index in [0.717, 1.165) is 23.1 Å². The van der Waals surface area contributed by atoms with Gasteiger partial charge in [-0.1, -0.05) is 32.8 Å². The van der Waals surface area contributed by atoms with Gasteiger partial charge in [0.05, 0.1) is 26.4 Å². The molecule has 0 spiro atoms. The van der Waals surface area contributed by atoms with Crippen molar-refractivity contribution < 1.29 is 23.7 Å². The third-order valence-corrected chi connectivity index (χ3v) is 7.01. The van der Waals surface area contributed by atoms with Crippen LogP contribution in [0.15, 0.2) is 30.3 Å². The van der Waals surface area contributed by atoms with Crippen molar-refractivity contribution in [2.24, 2.45) is 11.3 Å². The highest BCUT2D eigenvalue weighted by atomic mass is 16.5. The molecule has 1 saturated carbocycles. The van der Waals surface area contributed by atoms with E-state index in [2.05, 4.69) is 13.8 Å². The molecule has 1 aliphatic heterocycles. The molecule has 2 aromatic rings. The van der Waals surface area contributed by atoms with Crippen molar-refractivity contribution in [3.63, 3.8) is 0 Å². The van der Waals surface area contributed by atoms with Gasteiger partial charge in [-0.3, -0.25) is 0 Å². The van der Waals surface area contributed by atoms with Crippen molar-refractivity contribution in [3.8, 4) is 28.4 Å². The molecule has 5 heteroatoms. The van der Waals surface area contributed by atoms with Crippen molar-refractivity contribution in [1.82, 2.24) is 0 Å². The van der Waals surface area contributed by atoms with Gasteiger partial charge < -0.3 is 18.9 Å². The Balaban J connectivity index is 1.73. The largest absolute Gasteiger partial charge is 0.493 e. The summed E-state index contributed by atoms with van der Waals surface area (Å²) in [6.07, 6.45) is 4.79. The van der Waals surface area contributed by atoms with E-state index in [1.165, 1.54) is 19.3 Å². The van der Waals surface area contributed by atoms with Gasteiger partial charge >= 0.3 is 5.97 Å². The predicted molar refractivity (Wildman–Crippen MR) is 115 cm³/mol. The van der Waals surface area contributed by atoms with Crippen LogP contribution in [-0.4, -0.2) is 26.8 Å². The van der Waals surface area contributed by atoms with E-state index < -0.39 is 0 Å². The molecular formula is C25H30O5. The standard InChI is InChI=1S/C25H30O5/c1-5-16(2)25(11-6-12-25)15-30-22-19(9-10-21(27-3)23(22)28-4)17-7-8-20-18(13-17)14-29-24(20)26/h7-10,13,16H,5-6,11-12,14-15H2,1-4H3/t16-/m0/s1. The van der Waals surface area contributed by atoms with Crippen LogP contribution >= 0.6 is 0 Å². The lowest BCUT2D eigenvalue weighted by molar-refractivity contribution is 0.00177. The Hall–Kier alpha value is -2.69. The summed E-state index contributed by atoms with van der Waals surface area (Å²) in [5.41, 5.74) is 3.64. The summed E-state index contributed by atoms with van der Waals surface area (Å²) in [6, 6.07) is 9.65. The predicted octanol–water partition coefficient (Wildman–Crippen LogP) is 5.64. The van der Waals surface area contributed by atoms with E-state index in [1.54, 1.807) is 14.2 Å². The smallest absolute Gasteiger partial charge is 0.338 e. The molecule has 30 heavy (non-hydrogen) atoms. The Kier molecular flexibility index (Phi) is 5.63. The monoisotopic (exact) mass is 410 g/mol. The molecular weight excluding hydrogens is 380 g/mol. The summed E-state index contributed by atoms with van der Waals surface area (Å²) >= 11 is 0. The van der Waals surface area contributed by atoms with Crippen LogP contribution in [0.3, 0.4) is 0 Å². The van der Waals surface area contributed by atoms with Crippen molar-refractivity contribution in [1.29, 1.82) is 0 Å². The van der Waals surface area contributed by atoms with Gasteiger partial charge in [-0.15, -0.1) is 0 Å². The fraction of sp³-hybridized carbons (Fsp3) is 0.480. The van der Waals surface area contributed by atoms with Crippen molar-refractivity contribution in [2.45, 2.75) is 46.1 Å². The molecule has 0 radical (unpaired) electrons. The van der Waals surface area contributed by atoms with Gasteiger partial charge in [0.25, 0.3) is 0 Å². The Morgan fingerprint density at radius 1 is 1.07 bits per heavy atom. The van der Waals surface area contributed by atoms with Crippen LogP contribution in [0, 0.1) is 11.3 Å². The number of benzene rings is 2. The van der Waals surface area contributed by atoms with E-state index in [4.69, 9.17) is 18.9 Å². The normalized spacial score (nSPS) is 17.5. The Morgan fingerprint density at radius 2 is 1.83 bits per heavy atom. The molecule has 1 heterocycles. The fourth-order valence-electron chi connectivity index (χ4n) is 4.63. The summed E-state index contributed by atoms with van der Waals surface area (Å²) in [7, 11) is 3.27. The second-order valence-electron chi connectivity index (χ2n) is 8.44. The lowest BCUT2D eigenvalue weighted by atomic mass is 9.61. The zero-order chi connectivity index (χ0) is 21.3. The highest BCUT2D eigenvalue weighted by Crippen LogP contribution is 2.51. The molecule has 4 rings (SSSR count). The molecule has 0 saturated heterocycles. The second-order valence-corrected chi connectivity index (χ2v) is 8.44. The molecule has 0 aromatic heterocycles. The molecule has 160 valence electrons. The number of carbonyl (C=O) groups excluding carboxylic acids is 1. The zero-order valence-electron chi connectivity index (χ0n) is 18.2. The summed E-state index contributed by atoms with van der Waals surface area (Å²) in [4.78, 5) is 11.8. The number of fused-ring (bicyclic) bond motifs is 1. The number of hydrogen-bond donors (Lipinski definition) is 0. The topological polar surface area (TPSA) is 54.0 Å². The summed E-state index contributed by atoms with van der Waals surface area (Å²) in [5.74, 6) is 2.27. The van der Waals surface area contributed by atoms with Gasteiger partial charge in [0.1, 0.15) is 6.61 Å². The molecule has 5 nitrogen and oxygen atoms in total. The highest BCUT2D eigenvalue weighted by Gasteiger charge is 2.42. The minimum Gasteiger partial charge on any atom is -0.493 e. The fourth-order valence-corrected chi connectivity index (χ4v) is 4.63. The zero-order valence-corrected chi connectivity index (χ0v) is 18.2. The number of cyclic esters (lactones) is 1. The average Bonchev–Trinajstić information content (AvgIpc) is 3.12. The van der Waals surface area contributed by atoms with Gasteiger partial charge in [0.2, 0.25) is 5.75 Å². The van der Waals surface area contributed by atoms with Crippen LogP contribution in [0.4, 0.5) is 0 Å². The quantitative estimate of drug-likeness (QED) is 0.528. The molecule has 1 aliphatic carbocycles. The first-order chi connectivity index (χ1) is 14.5. The van der Waals surface area contributed by atoms with Crippen LogP contribution in [0.5, 0.6) is 17.2 Å². The van der Waals surface area contributed by atoms with Crippen LogP contribution in [0.2, 0.25) is 0 Å². The summed E-state index contributed by atoms with van der Waals surface area (Å²) < 4.78 is 22.9. The first kappa shape index (κ1) is 20.6. The van der Waals surface area contributed by atoms with Gasteiger partial charge in [-0.05, 0) is 48.6 Å². The van der Waals surface area contributed by atoms with Crippen LogP contribution < -0.4 is 14.2 Å². The molecule has 2 aliphatic rings. The minimum absolute atomic E-state index is 0.221. The van der Waals surface area contributed by atoms with Gasteiger partial charge in [-0.25, -0.2) is 4.79 Å². The molecule has 0 unspecified atom stereocenters. The van der Waals surface area contributed by atoms with E-state index in [0.29, 0.717) is 41.9 Å². The van der Waals surface area contributed by atoms with E-state index in [-0.39, 0.29) is 11.4 Å². The highest BCUT2D eigenvalue weighted by molar-refractivity contribution is 5.94. The molecule has 0 amide bonds. The maximum atomic E-state index is 11.8. The van der Waals surface area contributed by atoms with Crippen molar-refractivity contribution in [3.05, 3.63) is 41.5 Å². The number of hydrogen-bond acceptors (Lipinski definition) is 5. The lowest BCUT2D eigenvalue weighted by Crippen LogP contribution is -2.41. The molecule has 1 fully saturated rings. The molecule has 0 bridgehead atoms. The van der Waals surface area contributed by atoms with Crippen molar-refractivity contribution in [2.75, 3.05) is 20.8 Å². The Labute approximate surface area is 178 Å². The average molecular weight is 411 g/mol. The maximum absolute atomic E-state index is 11.8. The van der Waals surface area contributed by atoms with Crippen molar-refractivity contribution >= 4 is 5.97 Å². The van der Waals surface area contributed by atoms with Crippen LogP contribution in [0.1, 0.15) is 55.5 Å². The minimum atomic E-state index is -0.263. The number of rotatable bonds is 8. The number of ether oxygens (including phenoxy) is 4. The van der Waals surface area contributed by atoms with E-state index in [1.807, 2.05) is 30.3 Å². The first-order valence-electron chi connectivity index (χ1n) is 10.7. The number of esters is 1. The number of methoxy groups -OCH3 is 2. The van der Waals surface area contributed by atoms with Crippen LogP contribution in [-0.2, 0) is 11.3 Å². The second kappa shape index (κ2) is 8.21. The third-order valence-electron chi connectivity index (χ3n) is 7.01. The third kappa shape index (κ3) is 3.40. The SMILES string of the molecule is CC[C@H](C)C1(COc2c(-c3ccc4c(c3)COC4=O)ccc(OC)c2OC)CCC1. The van der Waals surface area contributed by atoms with E-state index in [9.17, 15) is 4.79 Å². The van der Waals surface area contributed by atoms with E-state index >= 15 is 0 Å². The Bertz CT molecular complexity index is 945. The van der Waals surface area contributed by atoms with Gasteiger partial charge in [0, 0.05) is 16.5 Å². The lowest BCUT2D eigenvalue weighted by Gasteiger charge is -2.46. The summed E-state index contributed by atoms with van der Waals surface area (Å²) in [6.45, 7) is 5.54. The number of carbonyl (C=O) groups is 1. The Morgan fingerprint density at radius 3 is 2.47 bits per heavy atom. The van der Waals surface area contributed by atoms with Gasteiger partial charge in [0.15, 0.2) is 11.5 Å². The van der Waals surface area contributed by atoms with Crippen LogP contribution in [0.25, 0.3) is 11.1 Å². The molecule has 1 atom stereocenters.